The molecule has 1 amide bonds. The van der Waals surface area contributed by atoms with Crippen molar-refractivity contribution in [1.29, 1.82) is 0 Å². The second-order valence-electron chi connectivity index (χ2n) is 5.24. The highest BCUT2D eigenvalue weighted by atomic mass is 79.9. The first-order valence-electron chi connectivity index (χ1n) is 6.95. The van der Waals surface area contributed by atoms with Gasteiger partial charge < -0.3 is 14.8 Å². The van der Waals surface area contributed by atoms with Gasteiger partial charge in [-0.25, -0.2) is 4.79 Å². The first kappa shape index (κ1) is 17.1. The van der Waals surface area contributed by atoms with Gasteiger partial charge in [0, 0.05) is 10.5 Å². The molecule has 0 aromatic heterocycles. The highest BCUT2D eigenvalue weighted by molar-refractivity contribution is 9.10. The second-order valence-corrected chi connectivity index (χ2v) is 6.56. The Labute approximate surface area is 142 Å². The maximum Gasteiger partial charge on any atom is 0.344 e. The number of hydrogen-bond donors (Lipinski definition) is 1. The molecule has 0 aliphatic heterocycles. The lowest BCUT2D eigenvalue weighted by Crippen LogP contribution is -2.37. The minimum Gasteiger partial charge on any atom is -0.480 e. The summed E-state index contributed by atoms with van der Waals surface area (Å²) in [4.78, 5) is 23.4. The van der Waals surface area contributed by atoms with Crippen LogP contribution in [0.15, 0.2) is 16.6 Å². The van der Waals surface area contributed by atoms with E-state index < -0.39 is 12.1 Å². The van der Waals surface area contributed by atoms with Crippen molar-refractivity contribution in [2.75, 3.05) is 6.61 Å². The molecule has 0 heterocycles. The van der Waals surface area contributed by atoms with Crippen molar-refractivity contribution in [3.05, 3.63) is 27.2 Å². The molecule has 0 saturated heterocycles. The molecular formula is C15H17BrClNO4. The van der Waals surface area contributed by atoms with Gasteiger partial charge in [-0.15, -0.1) is 0 Å². The number of amides is 1. The predicted octanol–water partition coefficient (Wildman–Crippen LogP) is 3.00. The molecule has 0 bridgehead atoms. The number of esters is 1. The summed E-state index contributed by atoms with van der Waals surface area (Å²) in [5.74, 6) is -0.470. The van der Waals surface area contributed by atoms with E-state index in [2.05, 4.69) is 21.2 Å². The zero-order valence-corrected chi connectivity index (χ0v) is 14.7. The van der Waals surface area contributed by atoms with Gasteiger partial charge >= 0.3 is 5.97 Å². The fraction of sp³-hybridized carbons (Fsp3) is 0.467. The third kappa shape index (κ3) is 4.88. The number of rotatable bonds is 6. The summed E-state index contributed by atoms with van der Waals surface area (Å²) in [5.41, 5.74) is 0.798. The Kier molecular flexibility index (Phi) is 5.69. The molecule has 2 rings (SSSR count). The minimum absolute atomic E-state index is 0.231. The van der Waals surface area contributed by atoms with Gasteiger partial charge in [0.25, 0.3) is 5.91 Å². The molecule has 1 saturated carbocycles. The molecule has 0 spiro atoms. The second kappa shape index (κ2) is 7.33. The van der Waals surface area contributed by atoms with Crippen LogP contribution in [0.25, 0.3) is 0 Å². The Morgan fingerprint density at radius 1 is 1.45 bits per heavy atom. The van der Waals surface area contributed by atoms with Gasteiger partial charge in [-0.3, -0.25) is 4.79 Å². The van der Waals surface area contributed by atoms with E-state index in [0.717, 1.165) is 22.9 Å². The van der Waals surface area contributed by atoms with Crippen LogP contribution in [0.5, 0.6) is 5.75 Å². The van der Waals surface area contributed by atoms with E-state index >= 15 is 0 Å². The standard InChI is InChI=1S/C15H17BrClNO4/c1-8-5-10(16)6-12(17)14(8)21-7-13(19)22-9(2)15(20)18-11-3-4-11/h5-6,9,11H,3-4,7H2,1-2H3,(H,18,20)/t9-/m1/s1. The molecule has 1 aromatic rings. The number of hydrogen-bond acceptors (Lipinski definition) is 4. The monoisotopic (exact) mass is 389 g/mol. The van der Waals surface area contributed by atoms with Crippen molar-refractivity contribution in [3.63, 3.8) is 0 Å². The van der Waals surface area contributed by atoms with Crippen LogP contribution in [0.3, 0.4) is 0 Å². The summed E-state index contributed by atoms with van der Waals surface area (Å²) in [7, 11) is 0. The van der Waals surface area contributed by atoms with E-state index in [4.69, 9.17) is 21.1 Å². The summed E-state index contributed by atoms with van der Waals surface area (Å²) in [6.45, 7) is 3.06. The lowest BCUT2D eigenvalue weighted by Gasteiger charge is -2.14. The third-order valence-corrected chi connectivity index (χ3v) is 3.87. The van der Waals surface area contributed by atoms with Crippen LogP contribution >= 0.6 is 27.5 Å². The Hall–Kier alpha value is -1.27. The summed E-state index contributed by atoms with van der Waals surface area (Å²) in [6, 6.07) is 3.74. The van der Waals surface area contributed by atoms with Crippen molar-refractivity contribution in [2.24, 2.45) is 0 Å². The number of carbonyl (C=O) groups is 2. The zero-order valence-electron chi connectivity index (χ0n) is 12.3. The van der Waals surface area contributed by atoms with Gasteiger partial charge in [0.1, 0.15) is 5.75 Å². The fourth-order valence-electron chi connectivity index (χ4n) is 1.83. The van der Waals surface area contributed by atoms with E-state index in [1.165, 1.54) is 6.92 Å². The van der Waals surface area contributed by atoms with Gasteiger partial charge in [-0.05, 0) is 44.4 Å². The number of aryl methyl sites for hydroxylation is 1. The number of halogens is 2. The normalized spacial score (nSPS) is 15.1. The van der Waals surface area contributed by atoms with Crippen LogP contribution in [0.2, 0.25) is 5.02 Å². The van der Waals surface area contributed by atoms with E-state index in [-0.39, 0.29) is 18.6 Å². The largest absolute Gasteiger partial charge is 0.480 e. The van der Waals surface area contributed by atoms with E-state index in [1.807, 2.05) is 13.0 Å². The van der Waals surface area contributed by atoms with Crippen LogP contribution in [-0.4, -0.2) is 30.6 Å². The maximum absolute atomic E-state index is 11.7. The summed E-state index contributed by atoms with van der Waals surface area (Å²) < 4.78 is 11.3. The molecule has 1 fully saturated rings. The first-order valence-corrected chi connectivity index (χ1v) is 8.12. The lowest BCUT2D eigenvalue weighted by molar-refractivity contribution is -0.156. The predicted molar refractivity (Wildman–Crippen MR) is 86.1 cm³/mol. The van der Waals surface area contributed by atoms with Crippen LogP contribution in [-0.2, 0) is 14.3 Å². The number of carbonyl (C=O) groups excluding carboxylic acids is 2. The van der Waals surface area contributed by atoms with Crippen molar-refractivity contribution < 1.29 is 19.1 Å². The Morgan fingerprint density at radius 2 is 2.14 bits per heavy atom. The number of benzene rings is 1. The molecule has 0 unspecified atom stereocenters. The Bertz CT molecular complexity index is 566. The maximum atomic E-state index is 11.7. The van der Waals surface area contributed by atoms with E-state index in [0.29, 0.717) is 10.8 Å². The fourth-order valence-corrected chi connectivity index (χ4v) is 2.86. The van der Waals surface area contributed by atoms with Gasteiger partial charge in [-0.1, -0.05) is 27.5 Å². The molecule has 1 aliphatic carbocycles. The van der Waals surface area contributed by atoms with Crippen molar-refractivity contribution in [3.8, 4) is 5.75 Å². The van der Waals surface area contributed by atoms with Gasteiger partial charge in [0.15, 0.2) is 12.7 Å². The molecule has 120 valence electrons. The topological polar surface area (TPSA) is 64.6 Å². The van der Waals surface area contributed by atoms with Crippen molar-refractivity contribution >= 4 is 39.4 Å². The zero-order chi connectivity index (χ0) is 16.3. The van der Waals surface area contributed by atoms with Crippen LogP contribution in [0.4, 0.5) is 0 Å². The molecular weight excluding hydrogens is 374 g/mol. The summed E-state index contributed by atoms with van der Waals surface area (Å²) >= 11 is 9.39. The minimum atomic E-state index is -0.835. The highest BCUT2D eigenvalue weighted by Gasteiger charge is 2.27. The van der Waals surface area contributed by atoms with Crippen LogP contribution in [0.1, 0.15) is 25.3 Å². The molecule has 22 heavy (non-hydrogen) atoms. The third-order valence-electron chi connectivity index (χ3n) is 3.13. The average Bonchev–Trinajstić information content (AvgIpc) is 3.21. The average molecular weight is 391 g/mol. The SMILES string of the molecule is Cc1cc(Br)cc(Cl)c1OCC(=O)O[C@H](C)C(=O)NC1CC1. The van der Waals surface area contributed by atoms with Crippen molar-refractivity contribution in [2.45, 2.75) is 38.8 Å². The molecule has 1 aromatic carbocycles. The van der Waals surface area contributed by atoms with Gasteiger partial charge in [0.2, 0.25) is 0 Å². The molecule has 0 radical (unpaired) electrons. The Morgan fingerprint density at radius 3 is 2.73 bits per heavy atom. The molecule has 1 N–H and O–H groups in total. The van der Waals surface area contributed by atoms with E-state index in [9.17, 15) is 9.59 Å². The molecule has 7 heteroatoms. The molecule has 5 nitrogen and oxygen atoms in total. The Balaban J connectivity index is 1.83. The van der Waals surface area contributed by atoms with Crippen LogP contribution < -0.4 is 10.1 Å². The van der Waals surface area contributed by atoms with Crippen LogP contribution in [0, 0.1) is 6.92 Å². The van der Waals surface area contributed by atoms with Crippen molar-refractivity contribution in [1.82, 2.24) is 5.32 Å². The van der Waals surface area contributed by atoms with Gasteiger partial charge in [-0.2, -0.15) is 0 Å². The summed E-state index contributed by atoms with van der Waals surface area (Å²) in [5, 5.41) is 3.18. The van der Waals surface area contributed by atoms with E-state index in [1.54, 1.807) is 6.07 Å². The smallest absolute Gasteiger partial charge is 0.344 e. The lowest BCUT2D eigenvalue weighted by atomic mass is 10.2. The number of nitrogens with one attached hydrogen (secondary N) is 1. The molecule has 1 aliphatic rings. The summed E-state index contributed by atoms with van der Waals surface area (Å²) in [6.07, 6.45) is 1.13. The quantitative estimate of drug-likeness (QED) is 0.758. The molecule has 1 atom stereocenters. The van der Waals surface area contributed by atoms with Gasteiger partial charge in [0.05, 0.1) is 5.02 Å². The first-order chi connectivity index (χ1) is 10.4. The number of ether oxygens (including phenoxy) is 2. The highest BCUT2D eigenvalue weighted by Crippen LogP contribution is 2.31.